The molecule has 2 aromatic carbocycles. The van der Waals surface area contributed by atoms with Gasteiger partial charge in [0, 0.05) is 15.1 Å². The SMILES string of the molecule is COc1cc(C=NN2C(=O)[C@@H]3[C@H](C2=O)[C@H]2C=C[C@H]3C2)c(Br)c(Br)c1OCc1ccc(Cl)cc1. The van der Waals surface area contributed by atoms with E-state index in [9.17, 15) is 9.59 Å². The van der Waals surface area contributed by atoms with Crippen LogP contribution in [0, 0.1) is 23.7 Å². The predicted molar refractivity (Wildman–Crippen MR) is 131 cm³/mol. The number of carbonyl (C=O) groups excluding carboxylic acids is 2. The fourth-order valence-electron chi connectivity index (χ4n) is 4.84. The van der Waals surface area contributed by atoms with Crippen molar-refractivity contribution in [3.8, 4) is 11.5 Å². The second-order valence-corrected chi connectivity index (χ2v) is 10.3. The van der Waals surface area contributed by atoms with Crippen LogP contribution in [0.3, 0.4) is 0 Å². The van der Waals surface area contributed by atoms with Crippen molar-refractivity contribution >= 4 is 61.5 Å². The first kappa shape index (κ1) is 22.6. The number of hydrazone groups is 1. The highest BCUT2D eigenvalue weighted by atomic mass is 79.9. The summed E-state index contributed by atoms with van der Waals surface area (Å²) in [5.74, 6) is 0.299. The molecule has 5 rings (SSSR count). The van der Waals surface area contributed by atoms with E-state index in [1.807, 2.05) is 12.1 Å². The van der Waals surface area contributed by atoms with Crippen LogP contribution < -0.4 is 9.47 Å². The topological polar surface area (TPSA) is 68.2 Å². The Kier molecular flexibility index (Phi) is 6.09. The first-order valence-corrected chi connectivity index (χ1v) is 12.4. The number of amides is 2. The molecular weight excluding hydrogens is 576 g/mol. The van der Waals surface area contributed by atoms with E-state index in [0.717, 1.165) is 17.0 Å². The van der Waals surface area contributed by atoms with Gasteiger partial charge in [0.2, 0.25) is 0 Å². The zero-order chi connectivity index (χ0) is 23.3. The minimum Gasteiger partial charge on any atom is -0.493 e. The van der Waals surface area contributed by atoms with E-state index in [1.54, 1.807) is 25.3 Å². The Labute approximate surface area is 212 Å². The lowest BCUT2D eigenvalue weighted by Gasteiger charge is -2.16. The quantitative estimate of drug-likeness (QED) is 0.248. The van der Waals surface area contributed by atoms with Crippen LogP contribution in [0.4, 0.5) is 0 Å². The number of allylic oxidation sites excluding steroid dienone is 2. The molecule has 1 heterocycles. The van der Waals surface area contributed by atoms with Crippen LogP contribution in [-0.4, -0.2) is 30.1 Å². The van der Waals surface area contributed by atoms with Gasteiger partial charge < -0.3 is 9.47 Å². The van der Waals surface area contributed by atoms with Crippen molar-refractivity contribution in [1.82, 2.24) is 5.01 Å². The van der Waals surface area contributed by atoms with Crippen molar-refractivity contribution in [2.45, 2.75) is 13.0 Å². The van der Waals surface area contributed by atoms with Crippen molar-refractivity contribution in [3.05, 3.63) is 67.6 Å². The normalized spacial score (nSPS) is 25.4. The molecule has 2 aromatic rings. The van der Waals surface area contributed by atoms with E-state index < -0.39 is 0 Å². The lowest BCUT2D eigenvalue weighted by molar-refractivity contribution is -0.140. The molecule has 0 radical (unpaired) electrons. The summed E-state index contributed by atoms with van der Waals surface area (Å²) >= 11 is 13.1. The van der Waals surface area contributed by atoms with Gasteiger partial charge in [-0.1, -0.05) is 35.9 Å². The number of imide groups is 1. The molecule has 4 atom stereocenters. The number of carbonyl (C=O) groups is 2. The molecule has 6 nitrogen and oxygen atoms in total. The maximum absolute atomic E-state index is 12.9. The van der Waals surface area contributed by atoms with E-state index in [2.05, 4.69) is 49.1 Å². The highest BCUT2D eigenvalue weighted by molar-refractivity contribution is 9.13. The van der Waals surface area contributed by atoms with Crippen LogP contribution >= 0.6 is 43.5 Å². The van der Waals surface area contributed by atoms with Crippen LogP contribution in [0.15, 0.2) is 56.5 Å². The third kappa shape index (κ3) is 3.92. The lowest BCUT2D eigenvalue weighted by atomic mass is 9.85. The summed E-state index contributed by atoms with van der Waals surface area (Å²) in [4.78, 5) is 25.7. The standard InChI is InChI=1S/C24H19Br2ClN2O4/c1-32-17-9-15(20(25)21(26)22(17)33-11-12-2-6-16(27)7-3-12)10-28-29-23(30)18-13-4-5-14(8-13)19(18)24(29)31/h2-7,9-10,13-14,18-19H,8,11H2,1H3/t13-,14-,18-,19+/m0/s1. The fourth-order valence-corrected chi connectivity index (χ4v) is 5.90. The molecule has 3 aliphatic rings. The highest BCUT2D eigenvalue weighted by Crippen LogP contribution is 2.52. The summed E-state index contributed by atoms with van der Waals surface area (Å²) in [6, 6.07) is 9.13. The second-order valence-electron chi connectivity index (χ2n) is 8.27. The molecule has 0 N–H and O–H groups in total. The Morgan fingerprint density at radius 1 is 1.09 bits per heavy atom. The number of rotatable bonds is 6. The van der Waals surface area contributed by atoms with Crippen LogP contribution in [0.1, 0.15) is 17.5 Å². The van der Waals surface area contributed by atoms with Crippen LogP contribution in [-0.2, 0) is 16.2 Å². The Morgan fingerprint density at radius 2 is 1.73 bits per heavy atom. The number of fused-ring (bicyclic) bond motifs is 5. The molecule has 1 aliphatic heterocycles. The number of hydrogen-bond donors (Lipinski definition) is 0. The van der Waals surface area contributed by atoms with Gasteiger partial charge in [-0.15, -0.1) is 0 Å². The van der Waals surface area contributed by atoms with Gasteiger partial charge in [0.05, 0.1) is 29.6 Å². The Bertz CT molecular complexity index is 1170. The fraction of sp³-hybridized carbons (Fsp3) is 0.292. The number of nitrogens with zero attached hydrogens (tertiary/aromatic N) is 2. The number of halogens is 3. The maximum Gasteiger partial charge on any atom is 0.254 e. The zero-order valence-electron chi connectivity index (χ0n) is 17.5. The molecule has 2 bridgehead atoms. The van der Waals surface area contributed by atoms with E-state index in [-0.39, 0.29) is 35.5 Å². The number of benzene rings is 2. The number of methoxy groups -OCH3 is 1. The van der Waals surface area contributed by atoms with Gasteiger partial charge in [0.1, 0.15) is 6.61 Å². The molecule has 170 valence electrons. The molecule has 33 heavy (non-hydrogen) atoms. The van der Waals surface area contributed by atoms with Crippen molar-refractivity contribution in [2.75, 3.05) is 7.11 Å². The van der Waals surface area contributed by atoms with Crippen molar-refractivity contribution < 1.29 is 19.1 Å². The second kappa shape index (κ2) is 8.89. The molecule has 2 fully saturated rings. The lowest BCUT2D eigenvalue weighted by Crippen LogP contribution is -2.28. The smallest absolute Gasteiger partial charge is 0.254 e. The third-order valence-electron chi connectivity index (χ3n) is 6.43. The molecule has 2 amide bonds. The number of hydrogen-bond acceptors (Lipinski definition) is 5. The van der Waals surface area contributed by atoms with Crippen LogP contribution in [0.5, 0.6) is 11.5 Å². The van der Waals surface area contributed by atoms with E-state index >= 15 is 0 Å². The van der Waals surface area contributed by atoms with E-state index in [1.165, 1.54) is 6.21 Å². The van der Waals surface area contributed by atoms with Crippen LogP contribution in [0.25, 0.3) is 0 Å². The summed E-state index contributed by atoms with van der Waals surface area (Å²) in [7, 11) is 1.54. The Morgan fingerprint density at radius 3 is 2.33 bits per heavy atom. The summed E-state index contributed by atoms with van der Waals surface area (Å²) in [5, 5.41) is 5.95. The highest BCUT2D eigenvalue weighted by Gasteiger charge is 2.59. The summed E-state index contributed by atoms with van der Waals surface area (Å²) in [6.45, 7) is 0.321. The summed E-state index contributed by atoms with van der Waals surface area (Å²) in [6.07, 6.45) is 6.50. The molecule has 9 heteroatoms. The van der Waals surface area contributed by atoms with Gasteiger partial charge in [-0.2, -0.15) is 10.1 Å². The number of ether oxygens (including phenoxy) is 2. The van der Waals surface area contributed by atoms with Crippen molar-refractivity contribution in [2.24, 2.45) is 28.8 Å². The van der Waals surface area contributed by atoms with Gasteiger partial charge in [-0.05, 0) is 73.9 Å². The first-order valence-electron chi connectivity index (χ1n) is 10.4. The van der Waals surface area contributed by atoms with Crippen LogP contribution in [0.2, 0.25) is 5.02 Å². The van der Waals surface area contributed by atoms with Crippen molar-refractivity contribution in [3.63, 3.8) is 0 Å². The monoisotopic (exact) mass is 592 g/mol. The minimum atomic E-state index is -0.280. The zero-order valence-corrected chi connectivity index (χ0v) is 21.4. The average molecular weight is 595 g/mol. The molecule has 1 saturated heterocycles. The van der Waals surface area contributed by atoms with E-state index in [4.69, 9.17) is 21.1 Å². The van der Waals surface area contributed by atoms with Gasteiger partial charge in [0.15, 0.2) is 11.5 Å². The molecule has 1 saturated carbocycles. The predicted octanol–water partition coefficient (Wildman–Crippen LogP) is 5.59. The first-order chi connectivity index (χ1) is 15.9. The maximum atomic E-state index is 12.9. The molecule has 0 unspecified atom stereocenters. The Hall–Kier alpha value is -2.16. The van der Waals surface area contributed by atoms with Crippen molar-refractivity contribution in [1.29, 1.82) is 0 Å². The van der Waals surface area contributed by atoms with E-state index in [0.29, 0.717) is 37.6 Å². The third-order valence-corrected chi connectivity index (χ3v) is 8.83. The largest absolute Gasteiger partial charge is 0.493 e. The van der Waals surface area contributed by atoms with Gasteiger partial charge >= 0.3 is 0 Å². The van der Waals surface area contributed by atoms with Gasteiger partial charge in [-0.25, -0.2) is 0 Å². The average Bonchev–Trinajstić information content (AvgIpc) is 3.49. The van der Waals surface area contributed by atoms with Gasteiger partial charge in [-0.3, -0.25) is 9.59 Å². The summed E-state index contributed by atoms with van der Waals surface area (Å²) in [5.41, 5.74) is 1.59. The molecule has 0 aromatic heterocycles. The Balaban J connectivity index is 1.37. The van der Waals surface area contributed by atoms with Gasteiger partial charge in [0.25, 0.3) is 11.8 Å². The molecule has 0 spiro atoms. The molecule has 2 aliphatic carbocycles. The molecular formula is C24H19Br2ClN2O4. The summed E-state index contributed by atoms with van der Waals surface area (Å²) < 4.78 is 12.8. The minimum absolute atomic E-state index is 0.148.